The van der Waals surface area contributed by atoms with Crippen molar-refractivity contribution in [1.82, 2.24) is 9.97 Å². The summed E-state index contributed by atoms with van der Waals surface area (Å²) in [6.07, 6.45) is 1.22. The van der Waals surface area contributed by atoms with Crippen LogP contribution in [0.2, 0.25) is 10.0 Å². The number of Topliss-reactive ketones (excluding diaryl/α,β-unsaturated/α-hetero) is 1. The number of hydrogen-bond donors (Lipinski definition) is 2. The zero-order valence-electron chi connectivity index (χ0n) is 13.6. The first-order chi connectivity index (χ1) is 11.7. The first kappa shape index (κ1) is 19.0. The summed E-state index contributed by atoms with van der Waals surface area (Å²) < 4.78 is 5.52. The third-order valence-electron chi connectivity index (χ3n) is 3.09. The van der Waals surface area contributed by atoms with Crippen LogP contribution in [0, 0.1) is 0 Å². The fourth-order valence-electron chi connectivity index (χ4n) is 1.89. The van der Waals surface area contributed by atoms with Crippen molar-refractivity contribution < 1.29 is 19.4 Å². The van der Waals surface area contributed by atoms with Gasteiger partial charge in [0.2, 0.25) is 5.78 Å². The lowest BCUT2D eigenvalue weighted by molar-refractivity contribution is -0.133. The zero-order chi connectivity index (χ0) is 18.7. The Hall–Kier alpha value is -2.38. The number of amides is 1. The first-order valence-electron chi connectivity index (χ1n) is 7.23. The van der Waals surface area contributed by atoms with Crippen molar-refractivity contribution in [3.05, 3.63) is 34.1 Å². The molecule has 2 rings (SSSR count). The van der Waals surface area contributed by atoms with Crippen LogP contribution < -0.4 is 10.1 Å². The van der Waals surface area contributed by atoms with Crippen molar-refractivity contribution in [3.8, 4) is 17.5 Å². The normalized spacial score (nSPS) is 10.6. The van der Waals surface area contributed by atoms with Crippen LogP contribution in [0.4, 0.5) is 5.69 Å². The van der Waals surface area contributed by atoms with Crippen LogP contribution in [0.1, 0.15) is 32.4 Å². The number of aromatic nitrogens is 2. The Labute approximate surface area is 154 Å². The van der Waals surface area contributed by atoms with Gasteiger partial charge in [0.05, 0.1) is 21.9 Å². The summed E-state index contributed by atoms with van der Waals surface area (Å²) in [5, 5.41) is 12.3. The molecule has 1 heterocycles. The van der Waals surface area contributed by atoms with Crippen molar-refractivity contribution in [2.24, 2.45) is 0 Å². The van der Waals surface area contributed by atoms with Crippen molar-refractivity contribution in [1.29, 1.82) is 0 Å². The number of ketones is 1. The second kappa shape index (κ2) is 7.67. The van der Waals surface area contributed by atoms with Crippen LogP contribution in [0.5, 0.6) is 17.5 Å². The molecule has 0 radical (unpaired) electrons. The minimum Gasteiger partial charge on any atom is -0.504 e. The van der Waals surface area contributed by atoms with Crippen LogP contribution in [0.3, 0.4) is 0 Å². The Kier molecular flexibility index (Phi) is 5.81. The molecule has 0 aliphatic carbocycles. The Morgan fingerprint density at radius 2 is 1.84 bits per heavy atom. The number of hydrogen-bond acceptors (Lipinski definition) is 6. The number of carbonyl (C=O) groups excluding carboxylic acids is 2. The second-order valence-electron chi connectivity index (χ2n) is 5.46. The minimum absolute atomic E-state index is 0.0363. The zero-order valence-corrected chi connectivity index (χ0v) is 15.1. The maximum absolute atomic E-state index is 11.4. The molecule has 0 aliphatic rings. The van der Waals surface area contributed by atoms with Crippen LogP contribution in [0.25, 0.3) is 0 Å². The molecule has 0 fully saturated rings. The molecule has 1 aromatic carbocycles. The average molecular weight is 384 g/mol. The Bertz CT molecular complexity index is 817. The SMILES string of the molecule is CC(=O)C(=O)Nc1cc(Cl)c(Oc2ncc(O)c(C(C)C)n2)c(Cl)c1. The predicted molar refractivity (Wildman–Crippen MR) is 93.6 cm³/mol. The van der Waals surface area contributed by atoms with E-state index in [1.54, 1.807) is 0 Å². The molecule has 9 heteroatoms. The van der Waals surface area contributed by atoms with E-state index < -0.39 is 11.7 Å². The molecule has 0 saturated carbocycles. The monoisotopic (exact) mass is 383 g/mol. The van der Waals surface area contributed by atoms with Crippen LogP contribution in [-0.4, -0.2) is 26.8 Å². The number of benzene rings is 1. The highest BCUT2D eigenvalue weighted by Crippen LogP contribution is 2.38. The minimum atomic E-state index is -0.788. The van der Waals surface area contributed by atoms with Crippen molar-refractivity contribution >= 4 is 40.6 Å². The van der Waals surface area contributed by atoms with Gasteiger partial charge in [-0.25, -0.2) is 0 Å². The number of carbonyl (C=O) groups is 2. The Morgan fingerprint density at radius 1 is 1.24 bits per heavy atom. The van der Waals surface area contributed by atoms with E-state index in [1.807, 2.05) is 13.8 Å². The summed E-state index contributed by atoms with van der Waals surface area (Å²) in [5.41, 5.74) is 0.666. The summed E-state index contributed by atoms with van der Waals surface area (Å²) in [6, 6.07) is 2.73. The number of rotatable bonds is 5. The van der Waals surface area contributed by atoms with E-state index in [0.29, 0.717) is 5.69 Å². The van der Waals surface area contributed by atoms with Gasteiger partial charge < -0.3 is 15.2 Å². The number of halogens is 2. The third kappa shape index (κ3) is 4.58. The molecule has 0 aliphatic heterocycles. The predicted octanol–water partition coefficient (Wildman–Crippen LogP) is 3.93. The fraction of sp³-hybridized carbons (Fsp3) is 0.250. The topological polar surface area (TPSA) is 101 Å². The first-order valence-corrected chi connectivity index (χ1v) is 7.99. The lowest BCUT2D eigenvalue weighted by atomic mass is 10.1. The summed E-state index contributed by atoms with van der Waals surface area (Å²) in [4.78, 5) is 30.4. The van der Waals surface area contributed by atoms with Crippen LogP contribution >= 0.6 is 23.2 Å². The molecule has 132 valence electrons. The van der Waals surface area contributed by atoms with Crippen molar-refractivity contribution in [2.75, 3.05) is 5.32 Å². The Balaban J connectivity index is 2.30. The highest BCUT2D eigenvalue weighted by molar-refractivity contribution is 6.41. The van der Waals surface area contributed by atoms with E-state index in [9.17, 15) is 14.7 Å². The maximum Gasteiger partial charge on any atom is 0.322 e. The van der Waals surface area contributed by atoms with Gasteiger partial charge >= 0.3 is 6.01 Å². The molecule has 1 amide bonds. The highest BCUT2D eigenvalue weighted by atomic mass is 35.5. The van der Waals surface area contributed by atoms with E-state index in [4.69, 9.17) is 27.9 Å². The molecule has 0 saturated heterocycles. The third-order valence-corrected chi connectivity index (χ3v) is 3.65. The molecule has 0 bridgehead atoms. The van der Waals surface area contributed by atoms with Gasteiger partial charge in [-0.15, -0.1) is 0 Å². The molecule has 7 nitrogen and oxygen atoms in total. The lowest BCUT2D eigenvalue weighted by Gasteiger charge is -2.12. The largest absolute Gasteiger partial charge is 0.504 e. The van der Waals surface area contributed by atoms with Crippen LogP contribution in [0.15, 0.2) is 18.3 Å². The van der Waals surface area contributed by atoms with Gasteiger partial charge in [0.1, 0.15) is 0 Å². The van der Waals surface area contributed by atoms with Gasteiger partial charge in [-0.3, -0.25) is 9.59 Å². The summed E-state index contributed by atoms with van der Waals surface area (Å²) >= 11 is 12.3. The van der Waals surface area contributed by atoms with E-state index in [-0.39, 0.29) is 39.2 Å². The Morgan fingerprint density at radius 3 is 2.36 bits per heavy atom. The molecular weight excluding hydrogens is 369 g/mol. The molecule has 1 aromatic heterocycles. The second-order valence-corrected chi connectivity index (χ2v) is 6.27. The average Bonchev–Trinajstić information content (AvgIpc) is 2.52. The fourth-order valence-corrected chi connectivity index (χ4v) is 2.45. The summed E-state index contributed by atoms with van der Waals surface area (Å²) in [6.45, 7) is 4.86. The molecule has 0 unspecified atom stereocenters. The summed E-state index contributed by atoms with van der Waals surface area (Å²) in [7, 11) is 0. The van der Waals surface area contributed by atoms with E-state index in [1.165, 1.54) is 18.3 Å². The number of anilines is 1. The molecule has 0 spiro atoms. The van der Waals surface area contributed by atoms with E-state index >= 15 is 0 Å². The number of nitrogens with one attached hydrogen (secondary N) is 1. The maximum atomic E-state index is 11.4. The standard InChI is InChI=1S/C16H15Cl2N3O4/c1-7(2)13-12(23)6-19-16(21-13)25-14-10(17)4-9(5-11(14)18)20-15(24)8(3)22/h4-7,23H,1-3H3,(H,20,24). The number of aromatic hydroxyl groups is 1. The van der Waals surface area contributed by atoms with Crippen molar-refractivity contribution in [2.45, 2.75) is 26.7 Å². The molecule has 25 heavy (non-hydrogen) atoms. The number of nitrogens with zero attached hydrogens (tertiary/aromatic N) is 2. The van der Waals surface area contributed by atoms with Gasteiger partial charge in [-0.05, 0) is 18.1 Å². The molecule has 2 aromatic rings. The van der Waals surface area contributed by atoms with Gasteiger partial charge in [0, 0.05) is 12.6 Å². The van der Waals surface area contributed by atoms with Crippen molar-refractivity contribution in [3.63, 3.8) is 0 Å². The van der Waals surface area contributed by atoms with Gasteiger partial charge in [-0.1, -0.05) is 37.0 Å². The highest BCUT2D eigenvalue weighted by Gasteiger charge is 2.17. The number of ether oxygens (including phenoxy) is 1. The van der Waals surface area contributed by atoms with Gasteiger partial charge in [0.25, 0.3) is 5.91 Å². The van der Waals surface area contributed by atoms with E-state index in [0.717, 1.165) is 6.92 Å². The van der Waals surface area contributed by atoms with Crippen LogP contribution in [-0.2, 0) is 9.59 Å². The molecule has 2 N–H and O–H groups in total. The summed E-state index contributed by atoms with van der Waals surface area (Å²) in [5.74, 6) is -1.43. The molecule has 0 atom stereocenters. The van der Waals surface area contributed by atoms with Gasteiger partial charge in [0.15, 0.2) is 11.5 Å². The molecular formula is C16H15Cl2N3O4. The van der Waals surface area contributed by atoms with Gasteiger partial charge in [-0.2, -0.15) is 9.97 Å². The quantitative estimate of drug-likeness (QED) is 0.758. The smallest absolute Gasteiger partial charge is 0.322 e. The van der Waals surface area contributed by atoms with E-state index in [2.05, 4.69) is 15.3 Å². The lowest BCUT2D eigenvalue weighted by Crippen LogP contribution is -2.19.